The number of rotatable bonds is 4. The highest BCUT2D eigenvalue weighted by atomic mass is 35.5. The van der Waals surface area contributed by atoms with Crippen LogP contribution in [0.5, 0.6) is 0 Å². The van der Waals surface area contributed by atoms with E-state index >= 15 is 0 Å². The first-order chi connectivity index (χ1) is 14.9. The van der Waals surface area contributed by atoms with Gasteiger partial charge in [0.1, 0.15) is 6.67 Å². The average molecular weight is 471 g/mol. The second kappa shape index (κ2) is 7.67. The Morgan fingerprint density at radius 2 is 1.52 bits per heavy atom. The fourth-order valence-corrected chi connectivity index (χ4v) is 5.42. The Morgan fingerprint density at radius 1 is 0.839 bits per heavy atom. The van der Waals surface area contributed by atoms with E-state index in [0.29, 0.717) is 33.4 Å². The van der Waals surface area contributed by atoms with Crippen LogP contribution in [0.25, 0.3) is 11.0 Å². The summed E-state index contributed by atoms with van der Waals surface area (Å²) in [4.78, 5) is 11.3. The van der Waals surface area contributed by atoms with Crippen molar-refractivity contribution in [3.05, 3.63) is 88.4 Å². The molecule has 1 aliphatic heterocycles. The van der Waals surface area contributed by atoms with E-state index in [4.69, 9.17) is 28.2 Å². The number of hydrogen-bond acceptors (Lipinski definition) is 5. The Hall–Kier alpha value is -2.87. The topological polar surface area (TPSA) is 66.4 Å². The third kappa shape index (κ3) is 3.59. The number of hydrogen-bond donors (Lipinski definition) is 0. The van der Waals surface area contributed by atoms with Crippen molar-refractivity contribution in [3.8, 4) is 0 Å². The molecule has 0 unspecified atom stereocenters. The Kier molecular flexibility index (Phi) is 4.97. The first-order valence-electron chi connectivity index (χ1n) is 9.47. The molecule has 0 aliphatic carbocycles. The molecular weight excluding hydrogens is 455 g/mol. The SMILES string of the molecule is O=S(=O)(c1cccc(Cl)c1)N1CN(Cc2ccccc2Cl)c2nc3ccccc3nc21. The van der Waals surface area contributed by atoms with Gasteiger partial charge in [0.05, 0.1) is 15.9 Å². The molecule has 2 heterocycles. The average Bonchev–Trinajstić information content (AvgIpc) is 3.12. The van der Waals surface area contributed by atoms with Gasteiger partial charge in [-0.2, -0.15) is 0 Å². The highest BCUT2D eigenvalue weighted by Crippen LogP contribution is 2.39. The third-order valence-electron chi connectivity index (χ3n) is 5.07. The van der Waals surface area contributed by atoms with Crippen molar-refractivity contribution in [1.29, 1.82) is 0 Å². The van der Waals surface area contributed by atoms with Gasteiger partial charge in [-0.15, -0.1) is 0 Å². The van der Waals surface area contributed by atoms with Crippen LogP contribution in [0.3, 0.4) is 0 Å². The zero-order valence-electron chi connectivity index (χ0n) is 16.1. The standard InChI is InChI=1S/C22H16Cl2N4O2S/c23-16-7-5-8-17(12-16)31(29,30)28-14-27(13-15-6-1-2-9-18(15)24)21-22(28)26-20-11-4-3-10-19(20)25-21/h1-12H,13-14H2. The van der Waals surface area contributed by atoms with Crippen molar-refractivity contribution in [2.75, 3.05) is 15.9 Å². The van der Waals surface area contributed by atoms with E-state index in [1.54, 1.807) is 18.2 Å². The second-order valence-corrected chi connectivity index (χ2v) is 9.81. The number of para-hydroxylation sites is 2. The smallest absolute Gasteiger partial charge is 0.267 e. The van der Waals surface area contributed by atoms with Crippen LogP contribution in [0.1, 0.15) is 5.56 Å². The molecule has 9 heteroatoms. The summed E-state index contributed by atoms with van der Waals surface area (Å²) in [7, 11) is -3.91. The lowest BCUT2D eigenvalue weighted by atomic mass is 10.2. The maximum absolute atomic E-state index is 13.5. The van der Waals surface area contributed by atoms with Crippen molar-refractivity contribution < 1.29 is 8.42 Å². The number of nitrogens with zero attached hydrogens (tertiary/aromatic N) is 4. The van der Waals surface area contributed by atoms with Crippen molar-refractivity contribution in [1.82, 2.24) is 9.97 Å². The van der Waals surface area contributed by atoms with E-state index in [1.807, 2.05) is 47.4 Å². The van der Waals surface area contributed by atoms with E-state index in [9.17, 15) is 8.42 Å². The number of benzene rings is 3. The minimum Gasteiger partial charge on any atom is -0.330 e. The van der Waals surface area contributed by atoms with E-state index in [2.05, 4.69) is 4.98 Å². The minimum absolute atomic E-state index is 0.0612. The summed E-state index contributed by atoms with van der Waals surface area (Å²) in [5.74, 6) is 0.773. The summed E-state index contributed by atoms with van der Waals surface area (Å²) in [5, 5.41) is 0.951. The van der Waals surface area contributed by atoms with Crippen LogP contribution in [0.15, 0.2) is 77.7 Å². The lowest BCUT2D eigenvalue weighted by Crippen LogP contribution is -2.35. The Bertz CT molecular complexity index is 1410. The molecule has 31 heavy (non-hydrogen) atoms. The molecule has 156 valence electrons. The van der Waals surface area contributed by atoms with Crippen LogP contribution in [-0.4, -0.2) is 25.1 Å². The molecule has 5 rings (SSSR count). The van der Waals surface area contributed by atoms with Gasteiger partial charge in [0.15, 0.2) is 11.6 Å². The van der Waals surface area contributed by atoms with Crippen LogP contribution in [-0.2, 0) is 16.6 Å². The molecule has 0 saturated heterocycles. The van der Waals surface area contributed by atoms with Gasteiger partial charge < -0.3 is 4.90 Å². The minimum atomic E-state index is -3.91. The van der Waals surface area contributed by atoms with Gasteiger partial charge in [-0.1, -0.05) is 59.6 Å². The first kappa shape index (κ1) is 20.1. The maximum Gasteiger partial charge on any atom is 0.267 e. The fraction of sp³-hybridized carbons (Fsp3) is 0.0909. The molecule has 0 bridgehead atoms. The summed E-state index contributed by atoms with van der Waals surface area (Å²) < 4.78 is 28.3. The molecule has 4 aromatic rings. The zero-order valence-corrected chi connectivity index (χ0v) is 18.4. The predicted molar refractivity (Wildman–Crippen MR) is 123 cm³/mol. The molecule has 0 N–H and O–H groups in total. The van der Waals surface area contributed by atoms with Crippen molar-refractivity contribution in [3.63, 3.8) is 0 Å². The van der Waals surface area contributed by atoms with E-state index < -0.39 is 10.0 Å². The molecule has 1 aromatic heterocycles. The first-order valence-corrected chi connectivity index (χ1v) is 11.7. The molecule has 0 atom stereocenters. The quantitative estimate of drug-likeness (QED) is 0.414. The highest BCUT2D eigenvalue weighted by molar-refractivity contribution is 7.92. The molecule has 0 saturated carbocycles. The van der Waals surface area contributed by atoms with E-state index in [-0.39, 0.29) is 17.4 Å². The number of fused-ring (bicyclic) bond motifs is 2. The Labute approximate surface area is 189 Å². The predicted octanol–water partition coefficient (Wildman–Crippen LogP) is 5.11. The number of sulfonamides is 1. The van der Waals surface area contributed by atoms with E-state index in [1.165, 1.54) is 16.4 Å². The molecule has 0 spiro atoms. The monoisotopic (exact) mass is 470 g/mol. The largest absolute Gasteiger partial charge is 0.330 e. The maximum atomic E-state index is 13.5. The van der Waals surface area contributed by atoms with Gasteiger partial charge in [-0.3, -0.25) is 0 Å². The normalized spacial score (nSPS) is 13.6. The Morgan fingerprint density at radius 3 is 2.23 bits per heavy atom. The van der Waals surface area contributed by atoms with Gasteiger partial charge in [-0.05, 0) is 42.0 Å². The van der Waals surface area contributed by atoms with Crippen molar-refractivity contribution in [2.24, 2.45) is 0 Å². The van der Waals surface area contributed by atoms with Crippen LogP contribution in [0.2, 0.25) is 10.0 Å². The van der Waals surface area contributed by atoms with Gasteiger partial charge >= 0.3 is 0 Å². The van der Waals surface area contributed by atoms with Gasteiger partial charge in [0.25, 0.3) is 10.0 Å². The summed E-state index contributed by atoms with van der Waals surface area (Å²) in [6, 6.07) is 21.0. The second-order valence-electron chi connectivity index (χ2n) is 7.10. The summed E-state index contributed by atoms with van der Waals surface area (Å²) in [5.41, 5.74) is 2.17. The molecule has 0 fully saturated rings. The van der Waals surface area contributed by atoms with E-state index in [0.717, 1.165) is 5.56 Å². The van der Waals surface area contributed by atoms with Crippen LogP contribution in [0.4, 0.5) is 11.6 Å². The molecule has 0 amide bonds. The summed E-state index contributed by atoms with van der Waals surface area (Å²) in [6.07, 6.45) is 0. The Balaban J connectivity index is 1.64. The van der Waals surface area contributed by atoms with Gasteiger partial charge in [-0.25, -0.2) is 22.7 Å². The van der Waals surface area contributed by atoms with Crippen LogP contribution >= 0.6 is 23.2 Å². The van der Waals surface area contributed by atoms with Crippen LogP contribution in [0, 0.1) is 0 Å². The summed E-state index contributed by atoms with van der Waals surface area (Å²) in [6.45, 7) is 0.451. The molecule has 1 aliphatic rings. The molecule has 0 radical (unpaired) electrons. The molecular formula is C22H16Cl2N4O2S. The third-order valence-corrected chi connectivity index (χ3v) is 7.39. The van der Waals surface area contributed by atoms with Gasteiger partial charge in [0, 0.05) is 16.6 Å². The fourth-order valence-electron chi connectivity index (χ4n) is 3.55. The number of anilines is 2. The lowest BCUT2D eigenvalue weighted by Gasteiger charge is -2.21. The number of aromatic nitrogens is 2. The van der Waals surface area contributed by atoms with Crippen molar-refractivity contribution in [2.45, 2.75) is 11.4 Å². The molecule has 6 nitrogen and oxygen atoms in total. The van der Waals surface area contributed by atoms with Crippen molar-refractivity contribution >= 4 is 55.9 Å². The van der Waals surface area contributed by atoms with Gasteiger partial charge in [0.2, 0.25) is 0 Å². The summed E-state index contributed by atoms with van der Waals surface area (Å²) >= 11 is 12.4. The molecule has 3 aromatic carbocycles. The number of halogens is 2. The zero-order chi connectivity index (χ0) is 21.6. The van der Waals surface area contributed by atoms with Crippen LogP contribution < -0.4 is 9.21 Å². The highest BCUT2D eigenvalue weighted by Gasteiger charge is 2.38. The lowest BCUT2D eigenvalue weighted by molar-refractivity contribution is 0.590.